The highest BCUT2D eigenvalue weighted by molar-refractivity contribution is 5.71. The van der Waals surface area contributed by atoms with Crippen LogP contribution in [0.4, 0.5) is 0 Å². The minimum atomic E-state index is -0.791. The van der Waals surface area contributed by atoms with Crippen molar-refractivity contribution in [1.29, 1.82) is 0 Å². The van der Waals surface area contributed by atoms with E-state index in [0.29, 0.717) is 19.3 Å². The Hall–Kier alpha value is -3.15. The van der Waals surface area contributed by atoms with Crippen molar-refractivity contribution in [2.75, 3.05) is 13.2 Å². The van der Waals surface area contributed by atoms with Gasteiger partial charge in [0.1, 0.15) is 13.2 Å². The molecule has 0 amide bonds. The lowest BCUT2D eigenvalue weighted by atomic mass is 10.1. The van der Waals surface area contributed by atoms with Crippen LogP contribution < -0.4 is 0 Å². The molecule has 0 aliphatic rings. The fourth-order valence-corrected chi connectivity index (χ4v) is 8.42. The number of carbonyl (C=O) groups is 3. The number of esters is 3. The fraction of sp³-hybridized carbons (Fsp3) is 0.766. The third-order valence-electron chi connectivity index (χ3n) is 12.9. The van der Waals surface area contributed by atoms with Gasteiger partial charge in [0.2, 0.25) is 0 Å². The highest BCUT2D eigenvalue weighted by Gasteiger charge is 2.19. The van der Waals surface area contributed by atoms with Crippen LogP contribution in [0, 0.1) is 0 Å². The van der Waals surface area contributed by atoms with Crippen LogP contribution in [0.2, 0.25) is 0 Å². The topological polar surface area (TPSA) is 78.9 Å². The molecule has 0 rings (SSSR count). The lowest BCUT2D eigenvalue weighted by Gasteiger charge is -2.18. The zero-order chi connectivity index (χ0) is 50.7. The van der Waals surface area contributed by atoms with Crippen LogP contribution in [-0.2, 0) is 28.6 Å². The first-order valence-corrected chi connectivity index (χ1v) is 29.9. The summed E-state index contributed by atoms with van der Waals surface area (Å²) in [6.45, 7) is 6.51. The van der Waals surface area contributed by atoms with E-state index in [1.165, 1.54) is 135 Å². The van der Waals surface area contributed by atoms with Crippen molar-refractivity contribution in [2.45, 2.75) is 303 Å². The molecule has 0 N–H and O–H groups in total. The molecular weight excluding hydrogens is 865 g/mol. The van der Waals surface area contributed by atoms with Crippen LogP contribution in [0.15, 0.2) is 72.9 Å². The smallest absolute Gasteiger partial charge is 0.306 e. The van der Waals surface area contributed by atoms with E-state index in [9.17, 15) is 14.4 Å². The van der Waals surface area contributed by atoms with Crippen LogP contribution in [-0.4, -0.2) is 37.2 Å². The van der Waals surface area contributed by atoms with E-state index < -0.39 is 6.10 Å². The molecule has 0 aromatic heterocycles. The molecule has 1 atom stereocenters. The molecule has 1 unspecified atom stereocenters. The Morgan fingerprint density at radius 3 is 0.900 bits per heavy atom. The second-order valence-corrected chi connectivity index (χ2v) is 19.9. The van der Waals surface area contributed by atoms with Gasteiger partial charge in [-0.2, -0.15) is 0 Å². The summed E-state index contributed by atoms with van der Waals surface area (Å²) in [5.41, 5.74) is 0. The predicted octanol–water partition coefficient (Wildman–Crippen LogP) is 20.2. The van der Waals surface area contributed by atoms with Crippen molar-refractivity contribution in [3.63, 3.8) is 0 Å². The number of unbranched alkanes of at least 4 members (excludes halogenated alkanes) is 31. The van der Waals surface area contributed by atoms with Gasteiger partial charge < -0.3 is 14.2 Å². The summed E-state index contributed by atoms with van der Waals surface area (Å²) in [6.07, 6.45) is 74.7. The van der Waals surface area contributed by atoms with Crippen molar-refractivity contribution >= 4 is 17.9 Å². The zero-order valence-electron chi connectivity index (χ0n) is 46.3. The zero-order valence-corrected chi connectivity index (χ0v) is 46.3. The number of carbonyl (C=O) groups excluding carboxylic acids is 3. The summed E-state index contributed by atoms with van der Waals surface area (Å²) in [4.78, 5) is 38.2. The van der Waals surface area contributed by atoms with Gasteiger partial charge in [-0.25, -0.2) is 0 Å². The van der Waals surface area contributed by atoms with Crippen molar-refractivity contribution < 1.29 is 28.6 Å². The number of hydrogen-bond acceptors (Lipinski definition) is 6. The molecule has 0 radical (unpaired) electrons. The summed E-state index contributed by atoms with van der Waals surface area (Å²) in [5, 5.41) is 0. The molecule has 70 heavy (non-hydrogen) atoms. The summed E-state index contributed by atoms with van der Waals surface area (Å²) in [6, 6.07) is 0. The number of allylic oxidation sites excluding steroid dienone is 12. The maximum absolute atomic E-state index is 12.9. The van der Waals surface area contributed by atoms with E-state index in [0.717, 1.165) is 122 Å². The number of ether oxygens (including phenoxy) is 3. The van der Waals surface area contributed by atoms with Gasteiger partial charge >= 0.3 is 17.9 Å². The second-order valence-electron chi connectivity index (χ2n) is 19.9. The van der Waals surface area contributed by atoms with Gasteiger partial charge in [0, 0.05) is 19.3 Å². The molecule has 0 saturated heterocycles. The first kappa shape index (κ1) is 66.9. The third kappa shape index (κ3) is 55.8. The van der Waals surface area contributed by atoms with E-state index in [4.69, 9.17) is 14.2 Å². The summed E-state index contributed by atoms with van der Waals surface area (Å²) < 4.78 is 16.9. The van der Waals surface area contributed by atoms with Gasteiger partial charge in [-0.15, -0.1) is 0 Å². The summed E-state index contributed by atoms with van der Waals surface area (Å²) in [7, 11) is 0. The van der Waals surface area contributed by atoms with Crippen molar-refractivity contribution in [1.82, 2.24) is 0 Å². The van der Waals surface area contributed by atoms with Gasteiger partial charge in [0.05, 0.1) is 0 Å². The normalized spacial score (nSPS) is 12.6. The van der Waals surface area contributed by atoms with Crippen LogP contribution in [0.5, 0.6) is 0 Å². The molecule has 0 saturated carbocycles. The van der Waals surface area contributed by atoms with Crippen LogP contribution >= 0.6 is 0 Å². The molecule has 0 bridgehead atoms. The maximum atomic E-state index is 12.9. The van der Waals surface area contributed by atoms with E-state index in [1.54, 1.807) is 0 Å². The maximum Gasteiger partial charge on any atom is 0.306 e. The Morgan fingerprint density at radius 1 is 0.300 bits per heavy atom. The van der Waals surface area contributed by atoms with Crippen LogP contribution in [0.25, 0.3) is 0 Å². The highest BCUT2D eigenvalue weighted by Crippen LogP contribution is 2.15. The standard InChI is InChI=1S/C64H112O6/c1-4-7-10-13-16-19-22-25-28-30-31-32-33-34-37-39-42-45-48-51-54-57-63(66)69-60-61(59-68-62(65)56-53-50-47-44-41-38-35-27-24-21-18-15-12-9-6-3)70-64(67)58-55-52-49-46-43-40-36-29-26-23-20-17-14-11-8-5-2/h9,12,18,20-21,23,27,29-31,35-36,61H,4-8,10-11,13-17,19,22,24-26,28,32-34,37-60H2,1-3H3/b12-9-,21-18-,23-20-,31-30-,35-27-,36-29-. The average molecular weight is 978 g/mol. The molecule has 6 heteroatoms. The van der Waals surface area contributed by atoms with Gasteiger partial charge in [0.15, 0.2) is 6.10 Å². The predicted molar refractivity (Wildman–Crippen MR) is 302 cm³/mol. The fourth-order valence-electron chi connectivity index (χ4n) is 8.42. The Labute approximate surface area is 433 Å². The average Bonchev–Trinajstić information content (AvgIpc) is 3.36. The minimum Gasteiger partial charge on any atom is -0.462 e. The number of rotatable bonds is 54. The monoisotopic (exact) mass is 977 g/mol. The molecule has 0 aliphatic heterocycles. The highest BCUT2D eigenvalue weighted by atomic mass is 16.6. The SMILES string of the molecule is CC/C=C\C/C=C\C/C=C\CCCCCCCC(=O)OCC(COC(=O)CCCCCCCCCCC/C=C\CCCCCCCCCC)OC(=O)CCCCCCC/C=C\C/C=C\CCCCCC. The molecule has 404 valence electrons. The van der Waals surface area contributed by atoms with E-state index in [-0.39, 0.29) is 31.1 Å². The first-order chi connectivity index (χ1) is 34.5. The molecule has 0 heterocycles. The Bertz CT molecular complexity index is 1310. The summed E-state index contributed by atoms with van der Waals surface area (Å²) >= 11 is 0. The molecule has 0 aromatic rings. The Balaban J connectivity index is 4.38. The summed E-state index contributed by atoms with van der Waals surface area (Å²) in [5.74, 6) is -0.911. The molecule has 0 aliphatic carbocycles. The first-order valence-electron chi connectivity index (χ1n) is 29.9. The van der Waals surface area contributed by atoms with Gasteiger partial charge in [-0.3, -0.25) is 14.4 Å². The quantitative estimate of drug-likeness (QED) is 0.0261. The molecule has 6 nitrogen and oxygen atoms in total. The lowest BCUT2D eigenvalue weighted by Crippen LogP contribution is -2.30. The molecule has 0 aromatic carbocycles. The minimum absolute atomic E-state index is 0.0871. The van der Waals surface area contributed by atoms with Crippen molar-refractivity contribution in [3.05, 3.63) is 72.9 Å². The van der Waals surface area contributed by atoms with Gasteiger partial charge in [-0.1, -0.05) is 241 Å². The molecule has 0 spiro atoms. The Morgan fingerprint density at radius 2 is 0.557 bits per heavy atom. The van der Waals surface area contributed by atoms with Gasteiger partial charge in [0.25, 0.3) is 0 Å². The Kier molecular flexibility index (Phi) is 55.8. The largest absolute Gasteiger partial charge is 0.462 e. The van der Waals surface area contributed by atoms with Gasteiger partial charge in [-0.05, 0) is 109 Å². The molecular formula is C64H112O6. The van der Waals surface area contributed by atoms with Crippen molar-refractivity contribution in [2.24, 2.45) is 0 Å². The van der Waals surface area contributed by atoms with Crippen molar-refractivity contribution in [3.8, 4) is 0 Å². The number of hydrogen-bond donors (Lipinski definition) is 0. The van der Waals surface area contributed by atoms with E-state index in [2.05, 4.69) is 93.7 Å². The lowest BCUT2D eigenvalue weighted by molar-refractivity contribution is -0.167. The van der Waals surface area contributed by atoms with E-state index in [1.807, 2.05) is 0 Å². The second kappa shape index (κ2) is 58.4. The van der Waals surface area contributed by atoms with Crippen LogP contribution in [0.3, 0.4) is 0 Å². The third-order valence-corrected chi connectivity index (χ3v) is 12.9. The van der Waals surface area contributed by atoms with E-state index >= 15 is 0 Å². The molecule has 0 fully saturated rings. The van der Waals surface area contributed by atoms with Crippen LogP contribution in [0.1, 0.15) is 297 Å².